The molecule has 20 heavy (non-hydrogen) atoms. The first kappa shape index (κ1) is 17.5. The Bertz CT molecular complexity index is 565. The van der Waals surface area contributed by atoms with Gasteiger partial charge in [0.05, 0.1) is 11.4 Å². The van der Waals surface area contributed by atoms with Crippen molar-refractivity contribution in [3.63, 3.8) is 0 Å². The lowest BCUT2D eigenvalue weighted by molar-refractivity contribution is 0.153. The summed E-state index contributed by atoms with van der Waals surface area (Å²) in [6.45, 7) is 3.92. The zero-order valence-corrected chi connectivity index (χ0v) is 13.6. The zero-order chi connectivity index (χ0) is 15.3. The molecule has 2 N–H and O–H groups in total. The number of benzene rings is 1. The van der Waals surface area contributed by atoms with Crippen LogP contribution in [0.3, 0.4) is 0 Å². The fraction of sp³-hybridized carbons (Fsp3) is 0.500. The van der Waals surface area contributed by atoms with Gasteiger partial charge in [-0.3, -0.25) is 0 Å². The highest BCUT2D eigenvalue weighted by Gasteiger charge is 2.20. The maximum Gasteiger partial charge on any atom is 0.251 e. The molecule has 0 heterocycles. The van der Waals surface area contributed by atoms with Crippen LogP contribution in [-0.2, 0) is 16.6 Å². The molecular weight excluding hydrogens is 354 g/mol. The molecule has 4 nitrogen and oxygen atoms in total. The Morgan fingerprint density at radius 3 is 2.55 bits per heavy atom. The Kier molecular flexibility index (Phi) is 6.50. The predicted molar refractivity (Wildman–Crippen MR) is 77.5 cm³/mol. The van der Waals surface area contributed by atoms with E-state index in [1.807, 2.05) is 17.7 Å². The summed E-state index contributed by atoms with van der Waals surface area (Å²) in [4.78, 5) is 0.0143. The van der Waals surface area contributed by atoms with Gasteiger partial charge in [-0.05, 0) is 36.7 Å². The minimum atomic E-state index is -3.94. The van der Waals surface area contributed by atoms with Crippen LogP contribution >= 0.6 is 15.9 Å². The molecule has 1 rings (SSSR count). The number of alkyl halides is 2. The SMILES string of the molecule is CCNCc1cc(Br)c(C)c(S(=O)(=O)NCC(F)F)c1. The number of nitrogens with one attached hydrogen (secondary N) is 2. The van der Waals surface area contributed by atoms with Crippen molar-refractivity contribution in [1.82, 2.24) is 10.0 Å². The molecule has 0 saturated heterocycles. The molecule has 0 spiro atoms. The minimum Gasteiger partial charge on any atom is -0.313 e. The Balaban J connectivity index is 3.12. The quantitative estimate of drug-likeness (QED) is 0.774. The lowest BCUT2D eigenvalue weighted by Gasteiger charge is -2.13. The summed E-state index contributed by atoms with van der Waals surface area (Å²) in [6.07, 6.45) is -2.72. The van der Waals surface area contributed by atoms with Gasteiger partial charge in [0, 0.05) is 11.0 Å². The zero-order valence-electron chi connectivity index (χ0n) is 11.2. The molecule has 114 valence electrons. The summed E-state index contributed by atoms with van der Waals surface area (Å²) in [6, 6.07) is 3.31. The van der Waals surface area contributed by atoms with Crippen molar-refractivity contribution in [2.75, 3.05) is 13.1 Å². The third-order valence-electron chi connectivity index (χ3n) is 2.65. The van der Waals surface area contributed by atoms with Crippen molar-refractivity contribution in [1.29, 1.82) is 0 Å². The Morgan fingerprint density at radius 1 is 1.35 bits per heavy atom. The second-order valence-electron chi connectivity index (χ2n) is 4.22. The second kappa shape index (κ2) is 7.44. The van der Waals surface area contributed by atoms with E-state index in [1.165, 1.54) is 6.07 Å². The van der Waals surface area contributed by atoms with Crippen molar-refractivity contribution in [3.05, 3.63) is 27.7 Å². The van der Waals surface area contributed by atoms with Gasteiger partial charge in [0.15, 0.2) is 0 Å². The molecule has 1 aromatic rings. The van der Waals surface area contributed by atoms with Crippen molar-refractivity contribution in [2.24, 2.45) is 0 Å². The number of hydrogen-bond donors (Lipinski definition) is 2. The second-order valence-corrected chi connectivity index (χ2v) is 6.81. The topological polar surface area (TPSA) is 58.2 Å². The van der Waals surface area contributed by atoms with E-state index in [-0.39, 0.29) is 4.90 Å². The summed E-state index contributed by atoms with van der Waals surface area (Å²) in [7, 11) is -3.94. The molecule has 8 heteroatoms. The Morgan fingerprint density at radius 2 is 2.00 bits per heavy atom. The Labute approximate surface area is 126 Å². The highest BCUT2D eigenvalue weighted by Crippen LogP contribution is 2.25. The van der Waals surface area contributed by atoms with Crippen LogP contribution in [0.5, 0.6) is 0 Å². The first-order chi connectivity index (χ1) is 9.27. The monoisotopic (exact) mass is 370 g/mol. The van der Waals surface area contributed by atoms with Gasteiger partial charge in [0.2, 0.25) is 10.0 Å². The lowest BCUT2D eigenvalue weighted by Crippen LogP contribution is -2.29. The first-order valence-corrected chi connectivity index (χ1v) is 8.33. The average Bonchev–Trinajstić information content (AvgIpc) is 2.37. The van der Waals surface area contributed by atoms with Gasteiger partial charge in [-0.2, -0.15) is 0 Å². The lowest BCUT2D eigenvalue weighted by atomic mass is 10.1. The average molecular weight is 371 g/mol. The maximum atomic E-state index is 12.2. The van der Waals surface area contributed by atoms with E-state index in [0.29, 0.717) is 16.6 Å². The molecule has 0 aromatic heterocycles. The molecule has 0 aliphatic carbocycles. The number of halogens is 3. The standard InChI is InChI=1S/C12H17BrF2N2O2S/c1-3-16-6-9-4-10(13)8(2)11(5-9)20(18,19)17-7-12(14)15/h4-5,12,16-17H,3,6-7H2,1-2H3. The van der Waals surface area contributed by atoms with Crippen molar-refractivity contribution >= 4 is 26.0 Å². The van der Waals surface area contributed by atoms with E-state index < -0.39 is 23.0 Å². The molecule has 0 amide bonds. The summed E-state index contributed by atoms with van der Waals surface area (Å²) in [5, 5.41) is 3.08. The van der Waals surface area contributed by atoms with Crippen molar-refractivity contribution in [2.45, 2.75) is 31.7 Å². The number of rotatable bonds is 7. The van der Waals surface area contributed by atoms with Crippen LogP contribution < -0.4 is 10.0 Å². The van der Waals surface area contributed by atoms with Crippen LogP contribution in [0.25, 0.3) is 0 Å². The summed E-state index contributed by atoms with van der Waals surface area (Å²) in [5.74, 6) is 0. The molecular formula is C12H17BrF2N2O2S. The van der Waals surface area contributed by atoms with Gasteiger partial charge in [0.25, 0.3) is 6.43 Å². The Hall–Kier alpha value is -0.570. The van der Waals surface area contributed by atoms with Crippen LogP contribution in [0.15, 0.2) is 21.5 Å². The number of hydrogen-bond acceptors (Lipinski definition) is 3. The third-order valence-corrected chi connectivity index (χ3v) is 5.03. The van der Waals surface area contributed by atoms with E-state index >= 15 is 0 Å². The highest BCUT2D eigenvalue weighted by atomic mass is 79.9. The van der Waals surface area contributed by atoms with Gasteiger partial charge in [-0.25, -0.2) is 21.9 Å². The van der Waals surface area contributed by atoms with Gasteiger partial charge >= 0.3 is 0 Å². The largest absolute Gasteiger partial charge is 0.313 e. The van der Waals surface area contributed by atoms with Crippen molar-refractivity contribution in [3.8, 4) is 0 Å². The van der Waals surface area contributed by atoms with Crippen LogP contribution in [0.2, 0.25) is 0 Å². The van der Waals surface area contributed by atoms with Crippen LogP contribution in [0, 0.1) is 6.92 Å². The molecule has 0 atom stereocenters. The van der Waals surface area contributed by atoms with E-state index in [9.17, 15) is 17.2 Å². The molecule has 0 bridgehead atoms. The number of sulfonamides is 1. The fourth-order valence-electron chi connectivity index (χ4n) is 1.61. The van der Waals surface area contributed by atoms with Gasteiger partial charge in [-0.1, -0.05) is 22.9 Å². The molecule has 0 fully saturated rings. The first-order valence-electron chi connectivity index (χ1n) is 6.05. The molecule has 0 radical (unpaired) electrons. The van der Waals surface area contributed by atoms with Crippen LogP contribution in [0.1, 0.15) is 18.1 Å². The maximum absolute atomic E-state index is 12.2. The van der Waals surface area contributed by atoms with Gasteiger partial charge < -0.3 is 5.32 Å². The summed E-state index contributed by atoms with van der Waals surface area (Å²) >= 11 is 3.29. The van der Waals surface area contributed by atoms with Crippen LogP contribution in [0.4, 0.5) is 8.78 Å². The molecule has 0 aliphatic rings. The minimum absolute atomic E-state index is 0.0143. The smallest absolute Gasteiger partial charge is 0.251 e. The normalized spacial score (nSPS) is 12.1. The summed E-state index contributed by atoms with van der Waals surface area (Å²) in [5.41, 5.74) is 1.26. The molecule has 1 aromatic carbocycles. The highest BCUT2D eigenvalue weighted by molar-refractivity contribution is 9.10. The van der Waals surface area contributed by atoms with E-state index in [0.717, 1.165) is 12.1 Å². The molecule has 0 unspecified atom stereocenters. The fourth-order valence-corrected chi connectivity index (χ4v) is 3.57. The molecule has 0 aliphatic heterocycles. The predicted octanol–water partition coefficient (Wildman–Crippen LogP) is 2.41. The van der Waals surface area contributed by atoms with E-state index in [4.69, 9.17) is 0 Å². The molecule has 0 saturated carbocycles. The van der Waals surface area contributed by atoms with Gasteiger partial charge in [-0.15, -0.1) is 0 Å². The van der Waals surface area contributed by atoms with E-state index in [1.54, 1.807) is 6.92 Å². The summed E-state index contributed by atoms with van der Waals surface area (Å²) < 4.78 is 51.0. The van der Waals surface area contributed by atoms with Gasteiger partial charge in [0.1, 0.15) is 0 Å². The van der Waals surface area contributed by atoms with Crippen LogP contribution in [-0.4, -0.2) is 27.9 Å². The third kappa shape index (κ3) is 4.76. The van der Waals surface area contributed by atoms with Crippen molar-refractivity contribution < 1.29 is 17.2 Å². The van der Waals surface area contributed by atoms with E-state index in [2.05, 4.69) is 21.2 Å².